The van der Waals surface area contributed by atoms with Gasteiger partial charge in [-0.05, 0) is 37.6 Å². The zero-order chi connectivity index (χ0) is 16.5. The minimum Gasteiger partial charge on any atom is -0.494 e. The maximum atomic E-state index is 12.3. The van der Waals surface area contributed by atoms with E-state index in [-0.39, 0.29) is 6.03 Å². The number of benzene rings is 1. The van der Waals surface area contributed by atoms with Crippen molar-refractivity contribution in [3.8, 4) is 5.75 Å². The lowest BCUT2D eigenvalue weighted by atomic mass is 10.3. The fourth-order valence-electron chi connectivity index (χ4n) is 2.61. The maximum Gasteiger partial charge on any atom is 0.321 e. The van der Waals surface area contributed by atoms with Crippen LogP contribution in [0.3, 0.4) is 0 Å². The first-order valence-corrected chi connectivity index (χ1v) is 8.23. The Labute approximate surface area is 138 Å². The molecule has 1 saturated heterocycles. The van der Waals surface area contributed by atoms with E-state index >= 15 is 0 Å². The molecule has 0 saturated carbocycles. The third-order valence-corrected chi connectivity index (χ3v) is 3.90. The highest BCUT2D eigenvalue weighted by Crippen LogP contribution is 2.16. The van der Waals surface area contributed by atoms with Crippen LogP contribution in [0.1, 0.15) is 13.3 Å². The summed E-state index contributed by atoms with van der Waals surface area (Å²) in [5.41, 5.74) is 0.793. The van der Waals surface area contributed by atoms with Crippen LogP contribution in [0.25, 0.3) is 0 Å². The normalized spacial score (nSPS) is 15.5. The molecule has 1 heterocycles. The molecule has 2 amide bonds. The standard InChI is InChI=1S/C17H27N3O3/c1-3-23-16-7-5-15(6-8-16)18-17(21)20-12-10-19(11-13-20)9-4-14-22-2/h5-8H,3-4,9-14H2,1-2H3,(H,18,21). The first kappa shape index (κ1) is 17.6. The number of carbonyl (C=O) groups excluding carboxylic acids is 1. The first-order chi connectivity index (χ1) is 11.2. The third kappa shape index (κ3) is 5.73. The highest BCUT2D eigenvalue weighted by Gasteiger charge is 2.20. The number of hydrogen-bond acceptors (Lipinski definition) is 4. The minimum absolute atomic E-state index is 0.0364. The summed E-state index contributed by atoms with van der Waals surface area (Å²) in [6, 6.07) is 7.43. The van der Waals surface area contributed by atoms with Crippen LogP contribution in [-0.4, -0.2) is 68.9 Å². The zero-order valence-electron chi connectivity index (χ0n) is 14.1. The Kier molecular flexibility index (Phi) is 7.16. The Hall–Kier alpha value is -1.79. The molecule has 1 aliphatic rings. The number of hydrogen-bond donors (Lipinski definition) is 1. The molecule has 0 atom stereocenters. The van der Waals surface area contributed by atoms with Gasteiger partial charge in [0.2, 0.25) is 0 Å². The average Bonchev–Trinajstić information content (AvgIpc) is 2.58. The molecule has 0 spiro atoms. The molecule has 2 rings (SSSR count). The van der Waals surface area contributed by atoms with Crippen LogP contribution < -0.4 is 10.1 Å². The Balaban J connectivity index is 1.74. The van der Waals surface area contributed by atoms with Crippen molar-refractivity contribution in [3.05, 3.63) is 24.3 Å². The molecule has 1 fully saturated rings. The van der Waals surface area contributed by atoms with Gasteiger partial charge in [0.1, 0.15) is 5.75 Å². The van der Waals surface area contributed by atoms with Crippen molar-refractivity contribution in [1.29, 1.82) is 0 Å². The van der Waals surface area contributed by atoms with E-state index in [2.05, 4.69) is 10.2 Å². The molecule has 0 aromatic heterocycles. The number of ether oxygens (including phenoxy) is 2. The number of nitrogens with one attached hydrogen (secondary N) is 1. The molecule has 0 aliphatic carbocycles. The maximum absolute atomic E-state index is 12.3. The number of urea groups is 1. The first-order valence-electron chi connectivity index (χ1n) is 8.23. The van der Waals surface area contributed by atoms with Crippen molar-refractivity contribution >= 4 is 11.7 Å². The van der Waals surface area contributed by atoms with Crippen molar-refractivity contribution in [2.45, 2.75) is 13.3 Å². The van der Waals surface area contributed by atoms with Gasteiger partial charge in [0.25, 0.3) is 0 Å². The van der Waals surface area contributed by atoms with Crippen LogP contribution in [0, 0.1) is 0 Å². The van der Waals surface area contributed by atoms with Crippen molar-refractivity contribution < 1.29 is 14.3 Å². The summed E-state index contributed by atoms with van der Waals surface area (Å²) in [7, 11) is 1.73. The number of anilines is 1. The van der Waals surface area contributed by atoms with Gasteiger partial charge in [-0.25, -0.2) is 4.79 Å². The van der Waals surface area contributed by atoms with Gasteiger partial charge in [-0.3, -0.25) is 4.90 Å². The Morgan fingerprint density at radius 2 is 1.87 bits per heavy atom. The molecule has 1 aliphatic heterocycles. The zero-order valence-corrected chi connectivity index (χ0v) is 14.1. The van der Waals surface area contributed by atoms with Crippen LogP contribution in [0.15, 0.2) is 24.3 Å². The van der Waals surface area contributed by atoms with E-state index in [1.165, 1.54) is 0 Å². The van der Waals surface area contributed by atoms with Crippen LogP contribution in [0.2, 0.25) is 0 Å². The minimum atomic E-state index is -0.0364. The number of amides is 2. The second-order valence-electron chi connectivity index (χ2n) is 5.56. The number of carbonyl (C=O) groups is 1. The van der Waals surface area contributed by atoms with Gasteiger partial charge in [0.15, 0.2) is 0 Å². The molecule has 0 bridgehead atoms. The van der Waals surface area contributed by atoms with Crippen LogP contribution >= 0.6 is 0 Å². The van der Waals surface area contributed by atoms with E-state index in [9.17, 15) is 4.79 Å². The average molecular weight is 321 g/mol. The topological polar surface area (TPSA) is 54.0 Å². The molecule has 1 N–H and O–H groups in total. The van der Waals surface area contributed by atoms with Crippen LogP contribution in [-0.2, 0) is 4.74 Å². The van der Waals surface area contributed by atoms with Gasteiger partial charge >= 0.3 is 6.03 Å². The van der Waals surface area contributed by atoms with Gasteiger partial charge in [-0.2, -0.15) is 0 Å². The molecular formula is C17H27N3O3. The van der Waals surface area contributed by atoms with Gasteiger partial charge in [0.05, 0.1) is 6.61 Å². The Morgan fingerprint density at radius 3 is 2.48 bits per heavy atom. The third-order valence-electron chi connectivity index (χ3n) is 3.90. The molecular weight excluding hydrogens is 294 g/mol. The quantitative estimate of drug-likeness (QED) is 0.783. The summed E-state index contributed by atoms with van der Waals surface area (Å²) in [5, 5.41) is 2.94. The van der Waals surface area contributed by atoms with Gasteiger partial charge < -0.3 is 19.7 Å². The van der Waals surface area contributed by atoms with E-state index in [1.807, 2.05) is 36.1 Å². The molecule has 128 valence electrons. The summed E-state index contributed by atoms with van der Waals surface area (Å²) in [5.74, 6) is 0.815. The molecule has 6 nitrogen and oxygen atoms in total. The lowest BCUT2D eigenvalue weighted by Crippen LogP contribution is -2.50. The van der Waals surface area contributed by atoms with Gasteiger partial charge in [0, 0.05) is 52.1 Å². The highest BCUT2D eigenvalue weighted by molar-refractivity contribution is 5.89. The lowest BCUT2D eigenvalue weighted by molar-refractivity contribution is 0.130. The fraction of sp³-hybridized carbons (Fsp3) is 0.588. The largest absolute Gasteiger partial charge is 0.494 e. The van der Waals surface area contributed by atoms with Crippen molar-refractivity contribution in [3.63, 3.8) is 0 Å². The number of nitrogens with zero attached hydrogens (tertiary/aromatic N) is 2. The van der Waals surface area contributed by atoms with Gasteiger partial charge in [-0.1, -0.05) is 0 Å². The molecule has 23 heavy (non-hydrogen) atoms. The lowest BCUT2D eigenvalue weighted by Gasteiger charge is -2.34. The summed E-state index contributed by atoms with van der Waals surface area (Å²) in [6.07, 6.45) is 1.04. The van der Waals surface area contributed by atoms with E-state index in [0.29, 0.717) is 6.61 Å². The van der Waals surface area contributed by atoms with Crippen LogP contribution in [0.5, 0.6) is 5.75 Å². The molecule has 0 radical (unpaired) electrons. The Morgan fingerprint density at radius 1 is 1.17 bits per heavy atom. The highest BCUT2D eigenvalue weighted by atomic mass is 16.5. The van der Waals surface area contributed by atoms with Crippen molar-refractivity contribution in [1.82, 2.24) is 9.80 Å². The summed E-state index contributed by atoms with van der Waals surface area (Å²) in [4.78, 5) is 16.5. The monoisotopic (exact) mass is 321 g/mol. The summed E-state index contributed by atoms with van der Waals surface area (Å²) in [6.45, 7) is 7.76. The van der Waals surface area contributed by atoms with Crippen molar-refractivity contribution in [2.75, 3.05) is 58.4 Å². The number of piperazine rings is 1. The SMILES string of the molecule is CCOc1ccc(NC(=O)N2CCN(CCCOC)CC2)cc1. The number of methoxy groups -OCH3 is 1. The van der Waals surface area contributed by atoms with Crippen molar-refractivity contribution in [2.24, 2.45) is 0 Å². The predicted octanol–water partition coefficient (Wildman–Crippen LogP) is 2.27. The second kappa shape index (κ2) is 9.37. The molecule has 6 heteroatoms. The Bertz CT molecular complexity index is 470. The second-order valence-corrected chi connectivity index (χ2v) is 5.56. The van der Waals surface area contributed by atoms with E-state index < -0.39 is 0 Å². The molecule has 0 unspecified atom stereocenters. The smallest absolute Gasteiger partial charge is 0.321 e. The van der Waals surface area contributed by atoms with Crippen LogP contribution in [0.4, 0.5) is 10.5 Å². The van der Waals surface area contributed by atoms with E-state index in [1.54, 1.807) is 7.11 Å². The van der Waals surface area contributed by atoms with E-state index in [0.717, 1.165) is 57.2 Å². The molecule has 1 aromatic rings. The number of rotatable bonds is 7. The molecule has 1 aromatic carbocycles. The fourth-order valence-corrected chi connectivity index (χ4v) is 2.61. The summed E-state index contributed by atoms with van der Waals surface area (Å²) < 4.78 is 10.5. The summed E-state index contributed by atoms with van der Waals surface area (Å²) >= 11 is 0. The van der Waals surface area contributed by atoms with E-state index in [4.69, 9.17) is 9.47 Å². The van der Waals surface area contributed by atoms with Gasteiger partial charge in [-0.15, -0.1) is 0 Å². The predicted molar refractivity (Wildman–Crippen MR) is 91.1 cm³/mol.